The number of amides is 1. The summed E-state index contributed by atoms with van der Waals surface area (Å²) in [5.74, 6) is 0.970. The van der Waals surface area contributed by atoms with E-state index in [4.69, 9.17) is 0 Å². The summed E-state index contributed by atoms with van der Waals surface area (Å²) in [6.45, 7) is 2.61. The number of hydrogen-bond acceptors (Lipinski definition) is 4. The molecule has 3 aromatic rings. The van der Waals surface area contributed by atoms with Crippen LogP contribution in [0.4, 0.5) is 5.82 Å². The van der Waals surface area contributed by atoms with Crippen LogP contribution in [0.3, 0.4) is 0 Å². The molecule has 0 aliphatic heterocycles. The van der Waals surface area contributed by atoms with Crippen LogP contribution in [-0.4, -0.2) is 45.8 Å². The van der Waals surface area contributed by atoms with Crippen molar-refractivity contribution in [3.63, 3.8) is 0 Å². The summed E-state index contributed by atoms with van der Waals surface area (Å²) >= 11 is 0. The highest BCUT2D eigenvalue weighted by atomic mass is 16.2. The predicted molar refractivity (Wildman–Crippen MR) is 95.0 cm³/mol. The van der Waals surface area contributed by atoms with Crippen molar-refractivity contribution in [3.8, 4) is 11.3 Å². The van der Waals surface area contributed by atoms with Gasteiger partial charge in [0.05, 0.1) is 6.20 Å². The van der Waals surface area contributed by atoms with Crippen LogP contribution in [0.5, 0.6) is 0 Å². The standard InChI is InChI=1S/C18H21N5O/c1-13-4-6-14(7-5-13)17-18(20-9-8-16(24)22(2)3)23-11-10-19-12-15(23)21-17/h4-7,10-12,20H,8-9H2,1-3H3. The highest BCUT2D eigenvalue weighted by Gasteiger charge is 2.14. The minimum Gasteiger partial charge on any atom is -0.369 e. The Kier molecular flexibility index (Phi) is 4.46. The first kappa shape index (κ1) is 16.0. The molecular weight excluding hydrogens is 302 g/mol. The first-order chi connectivity index (χ1) is 11.6. The summed E-state index contributed by atoms with van der Waals surface area (Å²) in [6.07, 6.45) is 5.76. The molecule has 124 valence electrons. The van der Waals surface area contributed by atoms with Crippen molar-refractivity contribution in [1.29, 1.82) is 0 Å². The van der Waals surface area contributed by atoms with Gasteiger partial charge in [-0.25, -0.2) is 4.98 Å². The van der Waals surface area contributed by atoms with Crippen LogP contribution in [0, 0.1) is 6.92 Å². The zero-order chi connectivity index (χ0) is 17.1. The molecule has 1 amide bonds. The Labute approximate surface area is 141 Å². The topological polar surface area (TPSA) is 62.5 Å². The Bertz CT molecular complexity index is 851. The number of fused-ring (bicyclic) bond motifs is 1. The lowest BCUT2D eigenvalue weighted by Crippen LogP contribution is -2.24. The van der Waals surface area contributed by atoms with Crippen LogP contribution in [-0.2, 0) is 4.79 Å². The lowest BCUT2D eigenvalue weighted by atomic mass is 10.1. The molecule has 0 unspecified atom stereocenters. The zero-order valence-corrected chi connectivity index (χ0v) is 14.2. The number of benzene rings is 1. The van der Waals surface area contributed by atoms with Gasteiger partial charge in [-0.1, -0.05) is 29.8 Å². The van der Waals surface area contributed by atoms with Gasteiger partial charge in [-0.05, 0) is 6.92 Å². The SMILES string of the molecule is Cc1ccc(-c2nc3cnccn3c2NCCC(=O)N(C)C)cc1. The third kappa shape index (κ3) is 3.22. The monoisotopic (exact) mass is 323 g/mol. The molecule has 1 aromatic carbocycles. The summed E-state index contributed by atoms with van der Waals surface area (Å²) in [7, 11) is 3.53. The normalized spacial score (nSPS) is 10.8. The van der Waals surface area contributed by atoms with Gasteiger partial charge < -0.3 is 10.2 Å². The Hall–Kier alpha value is -2.89. The Morgan fingerprint density at radius 1 is 1.25 bits per heavy atom. The van der Waals surface area contributed by atoms with E-state index in [9.17, 15) is 4.79 Å². The molecule has 6 nitrogen and oxygen atoms in total. The summed E-state index contributed by atoms with van der Waals surface area (Å²) in [6, 6.07) is 8.25. The van der Waals surface area contributed by atoms with Crippen molar-refractivity contribution < 1.29 is 4.79 Å². The first-order valence-electron chi connectivity index (χ1n) is 7.89. The number of carbonyl (C=O) groups excluding carboxylic acids is 1. The Morgan fingerprint density at radius 2 is 2.00 bits per heavy atom. The summed E-state index contributed by atoms with van der Waals surface area (Å²) in [4.78, 5) is 22.2. The van der Waals surface area contributed by atoms with Gasteiger partial charge in [0.2, 0.25) is 5.91 Å². The lowest BCUT2D eigenvalue weighted by molar-refractivity contribution is -0.128. The number of aryl methyl sites for hydroxylation is 1. The minimum atomic E-state index is 0.0925. The molecule has 0 aliphatic rings. The highest BCUT2D eigenvalue weighted by Crippen LogP contribution is 2.28. The maximum Gasteiger partial charge on any atom is 0.223 e. The van der Waals surface area contributed by atoms with Gasteiger partial charge >= 0.3 is 0 Å². The quantitative estimate of drug-likeness (QED) is 0.784. The Balaban J connectivity index is 1.93. The molecule has 6 heteroatoms. The molecule has 2 aromatic heterocycles. The van der Waals surface area contributed by atoms with E-state index in [1.165, 1.54) is 5.56 Å². The number of carbonyl (C=O) groups is 1. The van der Waals surface area contributed by atoms with Crippen molar-refractivity contribution >= 4 is 17.4 Å². The Morgan fingerprint density at radius 3 is 2.71 bits per heavy atom. The number of nitrogens with zero attached hydrogens (tertiary/aromatic N) is 4. The predicted octanol–water partition coefficient (Wildman–Crippen LogP) is 2.59. The average molecular weight is 323 g/mol. The molecule has 0 radical (unpaired) electrons. The number of nitrogens with one attached hydrogen (secondary N) is 1. The largest absolute Gasteiger partial charge is 0.369 e. The van der Waals surface area contributed by atoms with E-state index >= 15 is 0 Å². The van der Waals surface area contributed by atoms with Gasteiger partial charge in [0.1, 0.15) is 11.5 Å². The van der Waals surface area contributed by atoms with E-state index in [0.717, 1.165) is 22.7 Å². The van der Waals surface area contributed by atoms with E-state index in [1.807, 2.05) is 10.6 Å². The smallest absolute Gasteiger partial charge is 0.223 e. The lowest BCUT2D eigenvalue weighted by Gasteiger charge is -2.12. The third-order valence-electron chi connectivity index (χ3n) is 3.89. The number of rotatable bonds is 5. The number of aromatic nitrogens is 3. The highest BCUT2D eigenvalue weighted by molar-refractivity contribution is 5.78. The molecule has 0 bridgehead atoms. The summed E-state index contributed by atoms with van der Waals surface area (Å²) < 4.78 is 1.96. The van der Waals surface area contributed by atoms with Crippen LogP contribution < -0.4 is 5.32 Å². The van der Waals surface area contributed by atoms with Crippen LogP contribution >= 0.6 is 0 Å². The van der Waals surface area contributed by atoms with Crippen molar-refractivity contribution in [1.82, 2.24) is 19.3 Å². The van der Waals surface area contributed by atoms with Gasteiger partial charge in [-0.3, -0.25) is 14.2 Å². The van der Waals surface area contributed by atoms with E-state index in [1.54, 1.807) is 31.4 Å². The molecule has 0 fully saturated rings. The molecule has 0 atom stereocenters. The number of imidazole rings is 1. The fourth-order valence-corrected chi connectivity index (χ4v) is 2.50. The van der Waals surface area contributed by atoms with Crippen molar-refractivity contribution in [2.24, 2.45) is 0 Å². The molecule has 1 N–H and O–H groups in total. The fraction of sp³-hybridized carbons (Fsp3) is 0.278. The second-order valence-corrected chi connectivity index (χ2v) is 5.94. The summed E-state index contributed by atoms with van der Waals surface area (Å²) in [5.41, 5.74) is 3.87. The number of anilines is 1. The van der Waals surface area contributed by atoms with Crippen LogP contribution in [0.2, 0.25) is 0 Å². The molecular formula is C18H21N5O. The zero-order valence-electron chi connectivity index (χ0n) is 14.2. The van der Waals surface area contributed by atoms with Gasteiger partial charge in [0, 0.05) is 45.0 Å². The maximum absolute atomic E-state index is 11.8. The third-order valence-corrected chi connectivity index (χ3v) is 3.89. The van der Waals surface area contributed by atoms with Gasteiger partial charge in [0.15, 0.2) is 5.65 Å². The molecule has 0 spiro atoms. The van der Waals surface area contributed by atoms with Crippen molar-refractivity contribution in [3.05, 3.63) is 48.4 Å². The molecule has 0 saturated heterocycles. The van der Waals surface area contributed by atoms with E-state index < -0.39 is 0 Å². The average Bonchev–Trinajstić information content (AvgIpc) is 2.94. The number of hydrogen-bond donors (Lipinski definition) is 1. The van der Waals surface area contributed by atoms with Crippen molar-refractivity contribution in [2.45, 2.75) is 13.3 Å². The molecule has 0 saturated carbocycles. The molecule has 0 aliphatic carbocycles. The van der Waals surface area contributed by atoms with E-state index in [-0.39, 0.29) is 5.91 Å². The van der Waals surface area contributed by atoms with Crippen LogP contribution in [0.25, 0.3) is 16.9 Å². The minimum absolute atomic E-state index is 0.0925. The maximum atomic E-state index is 11.8. The van der Waals surface area contributed by atoms with E-state index in [2.05, 4.69) is 46.5 Å². The fourth-order valence-electron chi connectivity index (χ4n) is 2.50. The second-order valence-electron chi connectivity index (χ2n) is 5.94. The van der Waals surface area contributed by atoms with Crippen LogP contribution in [0.1, 0.15) is 12.0 Å². The summed E-state index contributed by atoms with van der Waals surface area (Å²) in [5, 5.41) is 3.36. The van der Waals surface area contributed by atoms with Gasteiger partial charge in [0.25, 0.3) is 0 Å². The van der Waals surface area contributed by atoms with Gasteiger partial charge in [-0.15, -0.1) is 0 Å². The van der Waals surface area contributed by atoms with Gasteiger partial charge in [-0.2, -0.15) is 0 Å². The molecule has 3 rings (SSSR count). The molecule has 24 heavy (non-hydrogen) atoms. The van der Waals surface area contributed by atoms with Crippen molar-refractivity contribution in [2.75, 3.05) is 26.0 Å². The second kappa shape index (κ2) is 6.70. The van der Waals surface area contributed by atoms with E-state index in [0.29, 0.717) is 13.0 Å². The van der Waals surface area contributed by atoms with Crippen LogP contribution in [0.15, 0.2) is 42.9 Å². The molecule has 2 heterocycles. The first-order valence-corrected chi connectivity index (χ1v) is 7.89.